The molecule has 0 atom stereocenters. The molecule has 4 nitrogen and oxygen atoms in total. The van der Waals surface area contributed by atoms with Gasteiger partial charge in [0.1, 0.15) is 0 Å². The van der Waals surface area contributed by atoms with E-state index in [0.29, 0.717) is 4.24 Å². The van der Waals surface area contributed by atoms with Crippen molar-refractivity contribution in [3.05, 3.63) is 20.6 Å². The first-order chi connectivity index (χ1) is 6.99. The van der Waals surface area contributed by atoms with Gasteiger partial charge in [-0.3, -0.25) is 0 Å². The molecule has 15 heavy (non-hydrogen) atoms. The fraction of sp³-hybridized carbons (Fsp3) is 0.333. The van der Waals surface area contributed by atoms with Gasteiger partial charge in [0, 0.05) is 13.8 Å². The predicted molar refractivity (Wildman–Crippen MR) is 57.6 cm³/mol. The minimum absolute atomic E-state index is 0.00525. The van der Waals surface area contributed by atoms with Crippen molar-refractivity contribution in [2.45, 2.75) is 19.6 Å². The zero-order valence-corrected chi connectivity index (χ0v) is 9.74. The number of carbonyl (C=O) groups is 2. The number of esters is 2. The highest BCUT2D eigenvalue weighted by Crippen LogP contribution is 2.42. The molecule has 2 rings (SSSR count). The van der Waals surface area contributed by atoms with E-state index in [9.17, 15) is 9.59 Å². The molecule has 2 aliphatic heterocycles. The van der Waals surface area contributed by atoms with Crippen LogP contribution in [0.25, 0.3) is 0 Å². The SMILES string of the molecule is CC1(C)OC(=O)C(=C2SC=CS2)C(=O)O1. The Hall–Kier alpha value is -0.880. The smallest absolute Gasteiger partial charge is 0.350 e. The van der Waals surface area contributed by atoms with Gasteiger partial charge in [-0.2, -0.15) is 0 Å². The Kier molecular flexibility index (Phi) is 2.56. The van der Waals surface area contributed by atoms with E-state index in [4.69, 9.17) is 9.47 Å². The lowest BCUT2D eigenvalue weighted by molar-refractivity contribution is -0.222. The summed E-state index contributed by atoms with van der Waals surface area (Å²) in [5.74, 6) is -2.40. The monoisotopic (exact) mass is 244 g/mol. The largest absolute Gasteiger partial charge is 0.419 e. The molecule has 0 bridgehead atoms. The number of hydrogen-bond donors (Lipinski definition) is 0. The average molecular weight is 244 g/mol. The zero-order valence-electron chi connectivity index (χ0n) is 8.10. The predicted octanol–water partition coefficient (Wildman–Crippen LogP) is 1.99. The summed E-state index contributed by atoms with van der Waals surface area (Å²) in [5.41, 5.74) is -0.00525. The Morgan fingerprint density at radius 1 is 1.07 bits per heavy atom. The lowest BCUT2D eigenvalue weighted by Gasteiger charge is -2.30. The standard InChI is InChI=1S/C9H8O4S2/c1-9(2)12-6(10)5(7(11)13-9)8-14-3-4-15-8/h3-4H,1-2H3. The summed E-state index contributed by atoms with van der Waals surface area (Å²) in [6.45, 7) is 3.05. The van der Waals surface area contributed by atoms with Gasteiger partial charge in [0.05, 0.1) is 4.24 Å². The number of cyclic esters (lactones) is 2. The van der Waals surface area contributed by atoms with Crippen LogP contribution in [0.15, 0.2) is 20.6 Å². The van der Waals surface area contributed by atoms with E-state index in [-0.39, 0.29) is 5.57 Å². The fourth-order valence-electron chi connectivity index (χ4n) is 1.14. The van der Waals surface area contributed by atoms with Crippen molar-refractivity contribution in [3.63, 3.8) is 0 Å². The Bertz CT molecular complexity index is 363. The third kappa shape index (κ3) is 2.05. The van der Waals surface area contributed by atoms with Gasteiger partial charge in [-0.25, -0.2) is 9.59 Å². The third-order valence-corrected chi connectivity index (χ3v) is 3.83. The quantitative estimate of drug-likeness (QED) is 0.369. The van der Waals surface area contributed by atoms with Crippen molar-refractivity contribution < 1.29 is 19.1 Å². The van der Waals surface area contributed by atoms with E-state index >= 15 is 0 Å². The molecule has 1 saturated heterocycles. The van der Waals surface area contributed by atoms with Crippen molar-refractivity contribution in [2.24, 2.45) is 0 Å². The van der Waals surface area contributed by atoms with Gasteiger partial charge in [-0.05, 0) is 10.8 Å². The Morgan fingerprint density at radius 3 is 2.00 bits per heavy atom. The van der Waals surface area contributed by atoms with Crippen molar-refractivity contribution in [3.8, 4) is 0 Å². The maximum absolute atomic E-state index is 11.6. The molecule has 0 aromatic heterocycles. The van der Waals surface area contributed by atoms with Gasteiger partial charge in [0.15, 0.2) is 5.57 Å². The maximum atomic E-state index is 11.6. The molecule has 0 spiro atoms. The highest BCUT2D eigenvalue weighted by molar-refractivity contribution is 8.27. The second kappa shape index (κ2) is 3.61. The molecule has 0 amide bonds. The molecule has 0 N–H and O–H groups in total. The van der Waals surface area contributed by atoms with Crippen LogP contribution in [0.3, 0.4) is 0 Å². The van der Waals surface area contributed by atoms with Crippen molar-refractivity contribution >= 4 is 35.5 Å². The Balaban J connectivity index is 2.32. The first-order valence-corrected chi connectivity index (χ1v) is 5.95. The lowest BCUT2D eigenvalue weighted by Crippen LogP contribution is -2.42. The molecule has 2 aliphatic rings. The molecule has 0 aliphatic carbocycles. The molecule has 0 aromatic carbocycles. The van der Waals surface area contributed by atoms with Crippen molar-refractivity contribution in [1.29, 1.82) is 0 Å². The van der Waals surface area contributed by atoms with Crippen molar-refractivity contribution in [2.75, 3.05) is 0 Å². The van der Waals surface area contributed by atoms with Crippen molar-refractivity contribution in [1.82, 2.24) is 0 Å². The van der Waals surface area contributed by atoms with Gasteiger partial charge in [-0.1, -0.05) is 23.5 Å². The summed E-state index contributed by atoms with van der Waals surface area (Å²) in [7, 11) is 0. The van der Waals surface area contributed by atoms with E-state index in [2.05, 4.69) is 0 Å². The van der Waals surface area contributed by atoms with Gasteiger partial charge in [0.25, 0.3) is 5.79 Å². The number of carbonyl (C=O) groups excluding carboxylic acids is 2. The summed E-state index contributed by atoms with van der Waals surface area (Å²) in [5, 5.41) is 3.60. The van der Waals surface area contributed by atoms with Gasteiger partial charge < -0.3 is 9.47 Å². The van der Waals surface area contributed by atoms with E-state index in [1.165, 1.54) is 37.4 Å². The summed E-state index contributed by atoms with van der Waals surface area (Å²) in [4.78, 5) is 23.1. The minimum atomic E-state index is -1.17. The Morgan fingerprint density at radius 2 is 1.53 bits per heavy atom. The van der Waals surface area contributed by atoms with Crippen LogP contribution in [0.2, 0.25) is 0 Å². The molecule has 0 unspecified atom stereocenters. The van der Waals surface area contributed by atoms with Gasteiger partial charge in [0.2, 0.25) is 0 Å². The first kappa shape index (κ1) is 10.6. The molecule has 1 fully saturated rings. The van der Waals surface area contributed by atoms with Crippen LogP contribution in [-0.4, -0.2) is 17.7 Å². The molecular weight excluding hydrogens is 236 g/mol. The van der Waals surface area contributed by atoms with Crippen LogP contribution in [0, 0.1) is 0 Å². The average Bonchev–Trinajstić information content (AvgIpc) is 2.52. The van der Waals surface area contributed by atoms with Crippen LogP contribution in [0.1, 0.15) is 13.8 Å². The van der Waals surface area contributed by atoms with E-state index in [1.807, 2.05) is 0 Å². The van der Waals surface area contributed by atoms with E-state index in [0.717, 1.165) is 0 Å². The van der Waals surface area contributed by atoms with E-state index < -0.39 is 17.7 Å². The molecule has 2 heterocycles. The number of thioether (sulfide) groups is 2. The maximum Gasteiger partial charge on any atom is 0.350 e. The fourth-order valence-corrected chi connectivity index (χ4v) is 2.96. The highest BCUT2D eigenvalue weighted by atomic mass is 32.2. The lowest BCUT2D eigenvalue weighted by atomic mass is 10.2. The van der Waals surface area contributed by atoms with Crippen LogP contribution in [-0.2, 0) is 19.1 Å². The topological polar surface area (TPSA) is 52.6 Å². The molecule has 0 saturated carbocycles. The Labute approximate surface area is 95.1 Å². The van der Waals surface area contributed by atoms with Gasteiger partial charge >= 0.3 is 11.9 Å². The van der Waals surface area contributed by atoms with Crippen LogP contribution in [0.4, 0.5) is 0 Å². The molecule has 0 aromatic rings. The minimum Gasteiger partial charge on any atom is -0.419 e. The summed E-state index contributed by atoms with van der Waals surface area (Å²) in [6, 6.07) is 0. The zero-order chi connectivity index (χ0) is 11.1. The van der Waals surface area contributed by atoms with Crippen LogP contribution in [0.5, 0.6) is 0 Å². The number of ether oxygens (including phenoxy) is 2. The van der Waals surface area contributed by atoms with Crippen LogP contribution >= 0.6 is 23.5 Å². The summed E-state index contributed by atoms with van der Waals surface area (Å²) >= 11 is 2.63. The molecule has 80 valence electrons. The molecule has 0 radical (unpaired) electrons. The highest BCUT2D eigenvalue weighted by Gasteiger charge is 2.41. The molecule has 6 heteroatoms. The second-order valence-electron chi connectivity index (χ2n) is 3.35. The third-order valence-electron chi connectivity index (χ3n) is 1.70. The van der Waals surface area contributed by atoms with Crippen LogP contribution < -0.4 is 0 Å². The summed E-state index contributed by atoms with van der Waals surface area (Å²) < 4.78 is 10.6. The molecular formula is C9H8O4S2. The first-order valence-electron chi connectivity index (χ1n) is 4.19. The number of hydrogen-bond acceptors (Lipinski definition) is 6. The van der Waals surface area contributed by atoms with Gasteiger partial charge in [-0.15, -0.1) is 0 Å². The van der Waals surface area contributed by atoms with E-state index in [1.54, 1.807) is 10.8 Å². The normalized spacial score (nSPS) is 24.1. The number of rotatable bonds is 0. The summed E-state index contributed by atoms with van der Waals surface area (Å²) in [6.07, 6.45) is 0. The second-order valence-corrected chi connectivity index (χ2v) is 5.44.